The van der Waals surface area contributed by atoms with E-state index in [-0.39, 0.29) is 17.9 Å². The Bertz CT molecular complexity index is 340. The third-order valence-corrected chi connectivity index (χ3v) is 2.70. The van der Waals surface area contributed by atoms with Crippen molar-refractivity contribution in [1.29, 1.82) is 0 Å². The van der Waals surface area contributed by atoms with Crippen LogP contribution < -0.4 is 5.73 Å². The van der Waals surface area contributed by atoms with Gasteiger partial charge in [0, 0.05) is 13.1 Å². The average molecular weight is 222 g/mol. The summed E-state index contributed by atoms with van der Waals surface area (Å²) in [5, 5.41) is 1.20. The molecule has 1 rings (SSSR count). The van der Waals surface area contributed by atoms with Crippen molar-refractivity contribution in [2.75, 3.05) is 14.2 Å². The first-order valence-electron chi connectivity index (χ1n) is 5.20. The highest BCUT2D eigenvalue weighted by Crippen LogP contribution is 2.20. The Kier molecular flexibility index (Phi) is 4.46. The number of hydrogen-bond donors (Lipinski definition) is 1. The van der Waals surface area contributed by atoms with Crippen LogP contribution in [0.3, 0.4) is 0 Å². The minimum atomic E-state index is -0.314. The van der Waals surface area contributed by atoms with Crippen molar-refractivity contribution in [3.8, 4) is 0 Å². The summed E-state index contributed by atoms with van der Waals surface area (Å²) in [6, 6.07) is 9.26. The molecule has 0 aliphatic heterocycles. The molecule has 1 aromatic carbocycles. The summed E-state index contributed by atoms with van der Waals surface area (Å²) >= 11 is 0. The lowest BCUT2D eigenvalue weighted by Gasteiger charge is -2.23. The third-order valence-electron chi connectivity index (χ3n) is 2.70. The SMILES string of the molecule is CON(C)C(=O)[C@H](C)[C@@H](N)c1ccccc1. The number of benzene rings is 1. The van der Waals surface area contributed by atoms with E-state index < -0.39 is 0 Å². The zero-order chi connectivity index (χ0) is 12.1. The number of carbonyl (C=O) groups is 1. The summed E-state index contributed by atoms with van der Waals surface area (Å²) in [4.78, 5) is 16.7. The molecule has 0 aliphatic rings. The van der Waals surface area contributed by atoms with Crippen LogP contribution in [0.2, 0.25) is 0 Å². The van der Waals surface area contributed by atoms with Crippen molar-refractivity contribution in [1.82, 2.24) is 5.06 Å². The lowest BCUT2D eigenvalue weighted by Crippen LogP contribution is -2.36. The van der Waals surface area contributed by atoms with Gasteiger partial charge in [0.15, 0.2) is 0 Å². The zero-order valence-electron chi connectivity index (χ0n) is 9.88. The van der Waals surface area contributed by atoms with Gasteiger partial charge < -0.3 is 5.73 Å². The summed E-state index contributed by atoms with van der Waals surface area (Å²) in [6.07, 6.45) is 0. The maximum absolute atomic E-state index is 11.8. The van der Waals surface area contributed by atoms with E-state index >= 15 is 0 Å². The van der Waals surface area contributed by atoms with E-state index in [1.807, 2.05) is 30.3 Å². The maximum atomic E-state index is 11.8. The highest BCUT2D eigenvalue weighted by molar-refractivity contribution is 5.78. The van der Waals surface area contributed by atoms with Gasteiger partial charge in [-0.25, -0.2) is 5.06 Å². The number of hydroxylamine groups is 2. The van der Waals surface area contributed by atoms with Gasteiger partial charge in [-0.3, -0.25) is 9.63 Å². The van der Waals surface area contributed by atoms with Crippen LogP contribution >= 0.6 is 0 Å². The number of nitrogens with zero attached hydrogens (tertiary/aromatic N) is 1. The standard InChI is InChI=1S/C12H18N2O2/c1-9(12(15)14(2)16-3)11(13)10-7-5-4-6-8-10/h4-9,11H,13H2,1-3H3/t9-,11-/m1/s1. The first-order valence-corrected chi connectivity index (χ1v) is 5.20. The van der Waals surface area contributed by atoms with Crippen molar-refractivity contribution >= 4 is 5.91 Å². The van der Waals surface area contributed by atoms with Gasteiger partial charge in [-0.05, 0) is 5.56 Å². The van der Waals surface area contributed by atoms with Crippen molar-refractivity contribution in [3.05, 3.63) is 35.9 Å². The Morgan fingerprint density at radius 3 is 2.44 bits per heavy atom. The molecule has 0 heterocycles. The molecule has 88 valence electrons. The fourth-order valence-corrected chi connectivity index (χ4v) is 1.49. The average Bonchev–Trinajstić information content (AvgIpc) is 2.36. The van der Waals surface area contributed by atoms with Gasteiger partial charge >= 0.3 is 0 Å². The normalized spacial score (nSPS) is 14.2. The summed E-state index contributed by atoms with van der Waals surface area (Å²) in [5.41, 5.74) is 6.98. The number of carbonyl (C=O) groups excluding carboxylic acids is 1. The first kappa shape index (κ1) is 12.7. The topological polar surface area (TPSA) is 55.6 Å². The lowest BCUT2D eigenvalue weighted by molar-refractivity contribution is -0.173. The van der Waals surface area contributed by atoms with Gasteiger partial charge in [0.05, 0.1) is 13.0 Å². The van der Waals surface area contributed by atoms with E-state index in [9.17, 15) is 4.79 Å². The Hall–Kier alpha value is -1.39. The van der Waals surface area contributed by atoms with Crippen LogP contribution in [0.1, 0.15) is 18.5 Å². The van der Waals surface area contributed by atoms with E-state index in [1.165, 1.54) is 12.2 Å². The molecular weight excluding hydrogens is 204 g/mol. The van der Waals surface area contributed by atoms with Gasteiger partial charge in [-0.1, -0.05) is 37.3 Å². The molecule has 0 unspecified atom stereocenters. The van der Waals surface area contributed by atoms with E-state index in [1.54, 1.807) is 14.0 Å². The molecule has 4 heteroatoms. The molecule has 0 saturated heterocycles. The fraction of sp³-hybridized carbons (Fsp3) is 0.417. The Balaban J connectivity index is 2.75. The quantitative estimate of drug-likeness (QED) is 0.782. The Labute approximate surface area is 95.9 Å². The second-order valence-corrected chi connectivity index (χ2v) is 3.74. The predicted molar refractivity (Wildman–Crippen MR) is 62.3 cm³/mol. The van der Waals surface area contributed by atoms with Crippen LogP contribution in [-0.4, -0.2) is 25.1 Å². The second kappa shape index (κ2) is 5.63. The van der Waals surface area contributed by atoms with Crippen LogP contribution in [0.25, 0.3) is 0 Å². The molecule has 0 saturated carbocycles. The van der Waals surface area contributed by atoms with Crippen LogP contribution in [0, 0.1) is 5.92 Å². The molecule has 16 heavy (non-hydrogen) atoms. The van der Waals surface area contributed by atoms with Crippen LogP contribution in [0.5, 0.6) is 0 Å². The monoisotopic (exact) mass is 222 g/mol. The minimum absolute atomic E-state index is 0.126. The van der Waals surface area contributed by atoms with Crippen molar-refractivity contribution in [2.24, 2.45) is 11.7 Å². The van der Waals surface area contributed by atoms with E-state index in [2.05, 4.69) is 0 Å². The molecule has 1 amide bonds. The minimum Gasteiger partial charge on any atom is -0.323 e. The maximum Gasteiger partial charge on any atom is 0.250 e. The van der Waals surface area contributed by atoms with E-state index in [0.717, 1.165) is 5.56 Å². The molecule has 0 spiro atoms. The fourth-order valence-electron chi connectivity index (χ4n) is 1.49. The van der Waals surface area contributed by atoms with Gasteiger partial charge in [0.1, 0.15) is 0 Å². The van der Waals surface area contributed by atoms with Gasteiger partial charge in [-0.2, -0.15) is 0 Å². The molecule has 0 bridgehead atoms. The van der Waals surface area contributed by atoms with Gasteiger partial charge in [-0.15, -0.1) is 0 Å². The lowest BCUT2D eigenvalue weighted by atomic mass is 9.95. The zero-order valence-corrected chi connectivity index (χ0v) is 9.88. The summed E-state index contributed by atoms with van der Waals surface area (Å²) in [6.45, 7) is 1.80. The molecule has 4 nitrogen and oxygen atoms in total. The van der Waals surface area contributed by atoms with Crippen molar-refractivity contribution in [3.63, 3.8) is 0 Å². The summed E-state index contributed by atoms with van der Waals surface area (Å²) in [5.74, 6) is -0.439. The molecule has 0 aromatic heterocycles. The predicted octanol–water partition coefficient (Wildman–Crippen LogP) is 1.34. The molecule has 1 aromatic rings. The largest absolute Gasteiger partial charge is 0.323 e. The highest BCUT2D eigenvalue weighted by atomic mass is 16.7. The summed E-state index contributed by atoms with van der Waals surface area (Å²) < 4.78 is 0. The number of rotatable bonds is 4. The van der Waals surface area contributed by atoms with Crippen LogP contribution in [0.4, 0.5) is 0 Å². The van der Waals surface area contributed by atoms with Crippen LogP contribution in [0.15, 0.2) is 30.3 Å². The molecular formula is C12H18N2O2. The first-order chi connectivity index (χ1) is 7.57. The molecule has 0 fully saturated rings. The molecule has 0 radical (unpaired) electrons. The molecule has 2 atom stereocenters. The van der Waals surface area contributed by atoms with Gasteiger partial charge in [0.2, 0.25) is 0 Å². The third kappa shape index (κ3) is 2.81. The molecule has 0 aliphatic carbocycles. The van der Waals surface area contributed by atoms with Gasteiger partial charge in [0.25, 0.3) is 5.91 Å². The second-order valence-electron chi connectivity index (χ2n) is 3.74. The number of hydrogen-bond acceptors (Lipinski definition) is 3. The number of amides is 1. The van der Waals surface area contributed by atoms with E-state index in [0.29, 0.717) is 0 Å². The van der Waals surface area contributed by atoms with Crippen LogP contribution in [-0.2, 0) is 9.63 Å². The molecule has 2 N–H and O–H groups in total. The van der Waals surface area contributed by atoms with E-state index in [4.69, 9.17) is 10.6 Å². The van der Waals surface area contributed by atoms with Crippen molar-refractivity contribution < 1.29 is 9.63 Å². The Morgan fingerprint density at radius 2 is 1.94 bits per heavy atom. The van der Waals surface area contributed by atoms with Crippen molar-refractivity contribution in [2.45, 2.75) is 13.0 Å². The summed E-state index contributed by atoms with van der Waals surface area (Å²) in [7, 11) is 3.04. The number of nitrogens with two attached hydrogens (primary N) is 1. The highest BCUT2D eigenvalue weighted by Gasteiger charge is 2.24. The smallest absolute Gasteiger partial charge is 0.250 e. The Morgan fingerprint density at radius 1 is 1.38 bits per heavy atom.